The van der Waals surface area contributed by atoms with E-state index in [2.05, 4.69) is 24.3 Å². The topological polar surface area (TPSA) is 27.7 Å². The summed E-state index contributed by atoms with van der Waals surface area (Å²) < 4.78 is 15.5. The Morgan fingerprint density at radius 3 is 2.38 bits per heavy atom. The first kappa shape index (κ1) is 13.2. The second-order valence-corrected chi connectivity index (χ2v) is 3.57. The summed E-state index contributed by atoms with van der Waals surface area (Å²) >= 11 is 0. The van der Waals surface area contributed by atoms with Gasteiger partial charge in [0.2, 0.25) is 0 Å². The summed E-state index contributed by atoms with van der Waals surface area (Å²) in [4.78, 5) is 0. The van der Waals surface area contributed by atoms with Crippen molar-refractivity contribution in [3.8, 4) is 0 Å². The minimum Gasteiger partial charge on any atom is -0.376 e. The van der Waals surface area contributed by atoms with Crippen LogP contribution in [0.15, 0.2) is 30.3 Å². The second-order valence-electron chi connectivity index (χ2n) is 3.57. The molecule has 3 nitrogen and oxygen atoms in total. The molecule has 0 aliphatic rings. The van der Waals surface area contributed by atoms with Crippen molar-refractivity contribution in [2.24, 2.45) is 0 Å². The van der Waals surface area contributed by atoms with Gasteiger partial charge in [0, 0.05) is 20.8 Å². The molecule has 0 saturated carbocycles. The summed E-state index contributed by atoms with van der Waals surface area (Å²) in [7, 11) is 3.23. The van der Waals surface area contributed by atoms with Crippen LogP contribution >= 0.6 is 0 Å². The number of methoxy groups -OCH3 is 2. The highest BCUT2D eigenvalue weighted by Crippen LogP contribution is 2.02. The molecule has 1 aromatic rings. The molecular formula is C13H20O3. The van der Waals surface area contributed by atoms with Gasteiger partial charge in [-0.15, -0.1) is 0 Å². The van der Waals surface area contributed by atoms with E-state index in [0.717, 1.165) is 19.4 Å². The van der Waals surface area contributed by atoms with Crippen molar-refractivity contribution in [3.05, 3.63) is 35.9 Å². The van der Waals surface area contributed by atoms with Crippen LogP contribution in [-0.4, -0.2) is 33.7 Å². The van der Waals surface area contributed by atoms with E-state index in [4.69, 9.17) is 14.2 Å². The summed E-state index contributed by atoms with van der Waals surface area (Å²) in [6.45, 7) is 1.22. The predicted molar refractivity (Wildman–Crippen MR) is 63.4 cm³/mol. The number of aryl methyl sites for hydroxylation is 1. The third-order valence-electron chi connectivity index (χ3n) is 2.38. The van der Waals surface area contributed by atoms with Crippen molar-refractivity contribution in [3.63, 3.8) is 0 Å². The molecule has 0 aliphatic heterocycles. The smallest absolute Gasteiger partial charge is 0.180 e. The summed E-state index contributed by atoms with van der Waals surface area (Å²) in [6.07, 6.45) is 1.81. The van der Waals surface area contributed by atoms with E-state index in [1.807, 2.05) is 6.07 Å². The van der Waals surface area contributed by atoms with Gasteiger partial charge in [-0.25, -0.2) is 0 Å². The Morgan fingerprint density at radius 2 is 1.75 bits per heavy atom. The fraction of sp³-hybridized carbons (Fsp3) is 0.538. The monoisotopic (exact) mass is 224 g/mol. The molecule has 0 N–H and O–H groups in total. The first-order chi connectivity index (χ1) is 7.86. The Morgan fingerprint density at radius 1 is 1.06 bits per heavy atom. The molecule has 0 fully saturated rings. The average Bonchev–Trinajstić information content (AvgIpc) is 2.35. The molecule has 0 amide bonds. The Balaban J connectivity index is 2.04. The lowest BCUT2D eigenvalue weighted by Gasteiger charge is -2.13. The molecule has 0 radical (unpaired) electrons. The lowest BCUT2D eigenvalue weighted by atomic mass is 10.1. The van der Waals surface area contributed by atoms with Crippen LogP contribution in [0.3, 0.4) is 0 Å². The summed E-state index contributed by atoms with van der Waals surface area (Å²) in [5, 5.41) is 0. The molecular weight excluding hydrogens is 204 g/mol. The van der Waals surface area contributed by atoms with E-state index in [-0.39, 0.29) is 6.29 Å². The molecule has 1 rings (SSSR count). The maximum atomic E-state index is 5.45. The maximum Gasteiger partial charge on any atom is 0.180 e. The van der Waals surface area contributed by atoms with Crippen LogP contribution in [0.4, 0.5) is 0 Å². The SMILES string of the molecule is COC(COCCCc1ccccc1)OC. The van der Waals surface area contributed by atoms with Crippen molar-refractivity contribution >= 4 is 0 Å². The first-order valence-electron chi connectivity index (χ1n) is 5.54. The number of benzene rings is 1. The predicted octanol–water partition coefficient (Wildman–Crippen LogP) is 2.25. The molecule has 0 heterocycles. The average molecular weight is 224 g/mol. The zero-order valence-electron chi connectivity index (χ0n) is 10.0. The van der Waals surface area contributed by atoms with Crippen LogP contribution in [0.2, 0.25) is 0 Å². The fourth-order valence-electron chi connectivity index (χ4n) is 1.43. The summed E-state index contributed by atoms with van der Waals surface area (Å²) in [5.41, 5.74) is 1.35. The van der Waals surface area contributed by atoms with E-state index < -0.39 is 0 Å². The quantitative estimate of drug-likeness (QED) is 0.501. The first-order valence-corrected chi connectivity index (χ1v) is 5.54. The largest absolute Gasteiger partial charge is 0.376 e. The van der Waals surface area contributed by atoms with Crippen molar-refractivity contribution < 1.29 is 14.2 Å². The van der Waals surface area contributed by atoms with Gasteiger partial charge in [-0.1, -0.05) is 30.3 Å². The van der Waals surface area contributed by atoms with E-state index in [1.54, 1.807) is 14.2 Å². The van der Waals surface area contributed by atoms with Crippen molar-refractivity contribution in [1.82, 2.24) is 0 Å². The van der Waals surface area contributed by atoms with Gasteiger partial charge in [-0.3, -0.25) is 0 Å². The highest BCUT2D eigenvalue weighted by molar-refractivity contribution is 5.14. The molecule has 90 valence electrons. The third-order valence-corrected chi connectivity index (χ3v) is 2.38. The van der Waals surface area contributed by atoms with Crippen LogP contribution < -0.4 is 0 Å². The molecule has 16 heavy (non-hydrogen) atoms. The van der Waals surface area contributed by atoms with Crippen LogP contribution in [0.1, 0.15) is 12.0 Å². The van der Waals surface area contributed by atoms with Crippen molar-refractivity contribution in [1.29, 1.82) is 0 Å². The Labute approximate surface area is 97.3 Å². The molecule has 0 bridgehead atoms. The fourth-order valence-corrected chi connectivity index (χ4v) is 1.43. The van der Waals surface area contributed by atoms with Crippen LogP contribution in [0.5, 0.6) is 0 Å². The summed E-state index contributed by atoms with van der Waals surface area (Å²) in [5.74, 6) is 0. The van der Waals surface area contributed by atoms with Gasteiger partial charge in [0.05, 0.1) is 6.61 Å². The Hall–Kier alpha value is -0.900. The standard InChI is InChI=1S/C13H20O3/c1-14-13(15-2)11-16-10-6-9-12-7-4-3-5-8-12/h3-5,7-8,13H,6,9-11H2,1-2H3. The van der Waals surface area contributed by atoms with Crippen molar-refractivity contribution in [2.75, 3.05) is 27.4 Å². The number of hydrogen-bond acceptors (Lipinski definition) is 3. The zero-order chi connectivity index (χ0) is 11.6. The lowest BCUT2D eigenvalue weighted by molar-refractivity contribution is -0.140. The normalized spacial score (nSPS) is 10.9. The maximum absolute atomic E-state index is 5.45. The van der Waals surface area contributed by atoms with E-state index in [0.29, 0.717) is 6.61 Å². The van der Waals surface area contributed by atoms with Crippen LogP contribution in [0.25, 0.3) is 0 Å². The van der Waals surface area contributed by atoms with Gasteiger partial charge in [0.15, 0.2) is 6.29 Å². The molecule has 1 aromatic carbocycles. The molecule has 0 aliphatic carbocycles. The molecule has 3 heteroatoms. The highest BCUT2D eigenvalue weighted by atomic mass is 16.7. The minimum atomic E-state index is -0.253. The zero-order valence-corrected chi connectivity index (χ0v) is 10.0. The number of hydrogen-bond donors (Lipinski definition) is 0. The van der Waals surface area contributed by atoms with Crippen LogP contribution in [-0.2, 0) is 20.6 Å². The van der Waals surface area contributed by atoms with E-state index in [1.165, 1.54) is 5.56 Å². The van der Waals surface area contributed by atoms with Crippen LogP contribution in [0, 0.1) is 0 Å². The third kappa shape index (κ3) is 5.26. The second kappa shape index (κ2) is 8.28. The van der Waals surface area contributed by atoms with Gasteiger partial charge in [-0.2, -0.15) is 0 Å². The molecule has 0 aromatic heterocycles. The Kier molecular flexibility index (Phi) is 6.81. The van der Waals surface area contributed by atoms with Gasteiger partial charge >= 0.3 is 0 Å². The van der Waals surface area contributed by atoms with E-state index >= 15 is 0 Å². The van der Waals surface area contributed by atoms with Gasteiger partial charge in [0.25, 0.3) is 0 Å². The molecule has 0 spiro atoms. The van der Waals surface area contributed by atoms with Gasteiger partial charge < -0.3 is 14.2 Å². The van der Waals surface area contributed by atoms with Gasteiger partial charge in [-0.05, 0) is 18.4 Å². The molecule has 0 atom stereocenters. The lowest BCUT2D eigenvalue weighted by Crippen LogP contribution is -2.20. The minimum absolute atomic E-state index is 0.253. The summed E-state index contributed by atoms with van der Waals surface area (Å²) in [6, 6.07) is 10.4. The Bertz CT molecular complexity index is 257. The van der Waals surface area contributed by atoms with Crippen molar-refractivity contribution in [2.45, 2.75) is 19.1 Å². The molecule has 0 saturated heterocycles. The number of ether oxygens (including phenoxy) is 3. The van der Waals surface area contributed by atoms with E-state index in [9.17, 15) is 0 Å². The van der Waals surface area contributed by atoms with Gasteiger partial charge in [0.1, 0.15) is 0 Å². The number of rotatable bonds is 8. The molecule has 0 unspecified atom stereocenters. The highest BCUT2D eigenvalue weighted by Gasteiger charge is 2.03.